The third-order valence-electron chi connectivity index (χ3n) is 3.93. The van der Waals surface area contributed by atoms with E-state index in [1.54, 1.807) is 0 Å². The third kappa shape index (κ3) is 3.08. The minimum absolute atomic E-state index is 0.291. The maximum atomic E-state index is 11.4. The maximum Gasteiger partial charge on any atom is 0.337 e. The van der Waals surface area contributed by atoms with Crippen molar-refractivity contribution in [1.29, 1.82) is 0 Å². The van der Waals surface area contributed by atoms with Gasteiger partial charge in [0, 0.05) is 0 Å². The van der Waals surface area contributed by atoms with Crippen LogP contribution in [-0.2, 0) is 4.74 Å². The molecule has 0 amide bonds. The van der Waals surface area contributed by atoms with Crippen LogP contribution < -0.4 is 0 Å². The average Bonchev–Trinajstić information content (AvgIpc) is 2.53. The van der Waals surface area contributed by atoms with Crippen LogP contribution in [0.2, 0.25) is 0 Å². The summed E-state index contributed by atoms with van der Waals surface area (Å²) in [7, 11) is 1.40. The number of methoxy groups -OCH3 is 1. The van der Waals surface area contributed by atoms with Gasteiger partial charge >= 0.3 is 5.97 Å². The van der Waals surface area contributed by atoms with Crippen molar-refractivity contribution in [2.24, 2.45) is 0 Å². The number of hydrogen-bond acceptors (Lipinski definition) is 2. The fraction of sp³-hybridized carbons (Fsp3) is 0.278. The molecule has 0 fully saturated rings. The minimum atomic E-state index is -0.291. The second kappa shape index (κ2) is 6.38. The number of rotatable bonds is 4. The summed E-state index contributed by atoms with van der Waals surface area (Å²) < 4.78 is 4.71. The van der Waals surface area contributed by atoms with Crippen molar-refractivity contribution >= 4 is 5.97 Å². The molecule has 0 saturated carbocycles. The summed E-state index contributed by atoms with van der Waals surface area (Å²) in [6, 6.07) is 18.2. The van der Waals surface area contributed by atoms with Gasteiger partial charge < -0.3 is 4.74 Å². The molecule has 2 aromatic rings. The second-order valence-corrected chi connectivity index (χ2v) is 5.10. The largest absolute Gasteiger partial charge is 0.465 e. The molecule has 0 aliphatic carbocycles. The fourth-order valence-corrected chi connectivity index (χ4v) is 2.37. The minimum Gasteiger partial charge on any atom is -0.465 e. The van der Waals surface area contributed by atoms with Gasteiger partial charge in [0.05, 0.1) is 12.7 Å². The van der Waals surface area contributed by atoms with Gasteiger partial charge in [-0.2, -0.15) is 0 Å². The molecule has 2 aromatic carbocycles. The Hall–Kier alpha value is -2.09. The first kappa shape index (κ1) is 14.3. The lowest BCUT2D eigenvalue weighted by molar-refractivity contribution is 0.0600. The molecule has 2 heteroatoms. The highest BCUT2D eigenvalue weighted by Gasteiger charge is 2.16. The van der Waals surface area contributed by atoms with Crippen LogP contribution in [0.15, 0.2) is 54.6 Å². The first-order valence-electron chi connectivity index (χ1n) is 6.86. The van der Waals surface area contributed by atoms with Crippen molar-refractivity contribution in [3.8, 4) is 0 Å². The Kier molecular flexibility index (Phi) is 4.57. The van der Waals surface area contributed by atoms with Gasteiger partial charge in [-0.3, -0.25) is 0 Å². The Labute approximate surface area is 120 Å². The van der Waals surface area contributed by atoms with Crippen LogP contribution in [0.1, 0.15) is 47.2 Å². The van der Waals surface area contributed by atoms with Crippen molar-refractivity contribution in [3.63, 3.8) is 0 Å². The Morgan fingerprint density at radius 2 is 1.35 bits per heavy atom. The van der Waals surface area contributed by atoms with Gasteiger partial charge in [0.25, 0.3) is 0 Å². The molecule has 2 rings (SSSR count). The Morgan fingerprint density at radius 3 is 1.85 bits per heavy atom. The normalized spacial score (nSPS) is 13.6. The predicted molar refractivity (Wildman–Crippen MR) is 81.1 cm³/mol. The molecule has 0 heterocycles. The van der Waals surface area contributed by atoms with E-state index >= 15 is 0 Å². The molecular weight excluding hydrogens is 248 g/mol. The van der Waals surface area contributed by atoms with Gasteiger partial charge in [0.2, 0.25) is 0 Å². The standard InChI is InChI=1S/C18H20O2/c1-13(15-7-5-4-6-8-15)14(2)16-9-11-17(12-10-16)18(19)20-3/h4-14H,1-3H3. The van der Waals surface area contributed by atoms with E-state index < -0.39 is 0 Å². The van der Waals surface area contributed by atoms with Gasteiger partial charge in [-0.05, 0) is 35.1 Å². The Morgan fingerprint density at radius 1 is 0.850 bits per heavy atom. The fourth-order valence-electron chi connectivity index (χ4n) is 2.37. The lowest BCUT2D eigenvalue weighted by Gasteiger charge is -2.21. The molecule has 0 radical (unpaired) electrons. The monoisotopic (exact) mass is 268 g/mol. The van der Waals surface area contributed by atoms with Gasteiger partial charge in [-0.25, -0.2) is 4.79 Å². The van der Waals surface area contributed by atoms with Crippen molar-refractivity contribution < 1.29 is 9.53 Å². The van der Waals surface area contributed by atoms with Gasteiger partial charge in [0.15, 0.2) is 0 Å². The number of carbonyl (C=O) groups is 1. The van der Waals surface area contributed by atoms with Crippen LogP contribution in [0.4, 0.5) is 0 Å². The van der Waals surface area contributed by atoms with E-state index in [-0.39, 0.29) is 5.97 Å². The molecule has 0 bridgehead atoms. The van der Waals surface area contributed by atoms with Crippen LogP contribution >= 0.6 is 0 Å². The molecular formula is C18H20O2. The summed E-state index contributed by atoms with van der Waals surface area (Å²) in [6.45, 7) is 4.44. The van der Waals surface area contributed by atoms with E-state index in [2.05, 4.69) is 38.1 Å². The number of carbonyl (C=O) groups excluding carboxylic acids is 1. The molecule has 0 aliphatic rings. The quantitative estimate of drug-likeness (QED) is 0.769. The number of esters is 1. The Bertz CT molecular complexity index is 558. The highest BCUT2D eigenvalue weighted by Crippen LogP contribution is 2.32. The zero-order valence-corrected chi connectivity index (χ0v) is 12.2. The zero-order valence-electron chi connectivity index (χ0n) is 12.2. The van der Waals surface area contributed by atoms with E-state index in [0.29, 0.717) is 17.4 Å². The van der Waals surface area contributed by atoms with Crippen LogP contribution in [0.5, 0.6) is 0 Å². The molecule has 0 aromatic heterocycles. The summed E-state index contributed by atoms with van der Waals surface area (Å²) in [5, 5.41) is 0. The molecule has 2 unspecified atom stereocenters. The second-order valence-electron chi connectivity index (χ2n) is 5.10. The predicted octanol–water partition coefficient (Wildman–Crippen LogP) is 4.38. The summed E-state index contributed by atoms with van der Waals surface area (Å²) >= 11 is 0. The summed E-state index contributed by atoms with van der Waals surface area (Å²) in [6.07, 6.45) is 0. The topological polar surface area (TPSA) is 26.3 Å². The smallest absolute Gasteiger partial charge is 0.337 e. The van der Waals surface area contributed by atoms with Crippen molar-refractivity contribution in [2.75, 3.05) is 7.11 Å². The van der Waals surface area contributed by atoms with Crippen molar-refractivity contribution in [2.45, 2.75) is 25.7 Å². The van der Waals surface area contributed by atoms with E-state index in [9.17, 15) is 4.79 Å². The highest BCUT2D eigenvalue weighted by molar-refractivity contribution is 5.89. The first-order valence-corrected chi connectivity index (χ1v) is 6.86. The van der Waals surface area contributed by atoms with E-state index in [4.69, 9.17) is 4.74 Å². The van der Waals surface area contributed by atoms with E-state index in [0.717, 1.165) is 0 Å². The summed E-state index contributed by atoms with van der Waals surface area (Å²) in [5.41, 5.74) is 3.15. The van der Waals surface area contributed by atoms with Crippen molar-refractivity contribution in [3.05, 3.63) is 71.3 Å². The summed E-state index contributed by atoms with van der Waals surface area (Å²) in [5.74, 6) is 0.532. The third-order valence-corrected chi connectivity index (χ3v) is 3.93. The lowest BCUT2D eigenvalue weighted by atomic mass is 9.84. The van der Waals surface area contributed by atoms with Crippen molar-refractivity contribution in [1.82, 2.24) is 0 Å². The van der Waals surface area contributed by atoms with Crippen LogP contribution in [0.25, 0.3) is 0 Å². The zero-order chi connectivity index (χ0) is 14.5. The average molecular weight is 268 g/mol. The molecule has 2 atom stereocenters. The molecule has 2 nitrogen and oxygen atoms in total. The first-order chi connectivity index (χ1) is 9.63. The SMILES string of the molecule is COC(=O)c1ccc(C(C)C(C)c2ccccc2)cc1. The van der Waals surface area contributed by atoms with Gasteiger partial charge in [-0.15, -0.1) is 0 Å². The van der Waals surface area contributed by atoms with Crippen LogP contribution in [0, 0.1) is 0 Å². The summed E-state index contributed by atoms with van der Waals surface area (Å²) in [4.78, 5) is 11.4. The number of benzene rings is 2. The number of hydrogen-bond donors (Lipinski definition) is 0. The number of ether oxygens (including phenoxy) is 1. The van der Waals surface area contributed by atoms with Gasteiger partial charge in [0.1, 0.15) is 0 Å². The molecule has 0 N–H and O–H groups in total. The maximum absolute atomic E-state index is 11.4. The lowest BCUT2D eigenvalue weighted by Crippen LogP contribution is -2.06. The molecule has 0 spiro atoms. The molecule has 0 aliphatic heterocycles. The molecule has 20 heavy (non-hydrogen) atoms. The molecule has 0 saturated heterocycles. The van der Waals surface area contributed by atoms with Crippen LogP contribution in [0.3, 0.4) is 0 Å². The molecule has 104 valence electrons. The van der Waals surface area contributed by atoms with E-state index in [1.807, 2.05) is 30.3 Å². The highest BCUT2D eigenvalue weighted by atomic mass is 16.5. The Balaban J connectivity index is 2.17. The van der Waals surface area contributed by atoms with E-state index in [1.165, 1.54) is 18.2 Å². The van der Waals surface area contributed by atoms with Gasteiger partial charge in [-0.1, -0.05) is 56.3 Å². The van der Waals surface area contributed by atoms with Crippen LogP contribution in [-0.4, -0.2) is 13.1 Å².